The van der Waals surface area contributed by atoms with E-state index >= 15 is 0 Å². The van der Waals surface area contributed by atoms with Crippen molar-refractivity contribution in [2.45, 2.75) is 19.8 Å². The first-order chi connectivity index (χ1) is 9.72. The highest BCUT2D eigenvalue weighted by Crippen LogP contribution is 2.25. The van der Waals surface area contributed by atoms with E-state index in [0.29, 0.717) is 12.4 Å². The van der Waals surface area contributed by atoms with Crippen molar-refractivity contribution in [3.8, 4) is 5.75 Å². The SMILES string of the molecule is CCOc1c(CCc2ccccc2)cccc1C(=O)O. The van der Waals surface area contributed by atoms with Crippen LogP contribution in [-0.2, 0) is 12.8 Å². The van der Waals surface area contributed by atoms with E-state index in [-0.39, 0.29) is 5.56 Å². The van der Waals surface area contributed by atoms with E-state index < -0.39 is 5.97 Å². The molecule has 2 aromatic carbocycles. The molecule has 104 valence electrons. The van der Waals surface area contributed by atoms with Gasteiger partial charge in [0.25, 0.3) is 0 Å². The number of benzene rings is 2. The van der Waals surface area contributed by atoms with Crippen molar-refractivity contribution in [1.29, 1.82) is 0 Å². The molecule has 0 heterocycles. The number of hydrogen-bond acceptors (Lipinski definition) is 2. The maximum atomic E-state index is 11.2. The van der Waals surface area contributed by atoms with E-state index in [1.54, 1.807) is 12.1 Å². The largest absolute Gasteiger partial charge is 0.493 e. The lowest BCUT2D eigenvalue weighted by Crippen LogP contribution is -2.06. The molecular formula is C17H18O3. The van der Waals surface area contributed by atoms with Crippen molar-refractivity contribution in [2.75, 3.05) is 6.61 Å². The van der Waals surface area contributed by atoms with Crippen LogP contribution in [0.1, 0.15) is 28.4 Å². The fraction of sp³-hybridized carbons (Fsp3) is 0.235. The summed E-state index contributed by atoms with van der Waals surface area (Å²) in [7, 11) is 0. The lowest BCUT2D eigenvalue weighted by Gasteiger charge is -2.13. The first-order valence-electron chi connectivity index (χ1n) is 6.74. The molecule has 0 radical (unpaired) electrons. The maximum absolute atomic E-state index is 11.2. The third-order valence-electron chi connectivity index (χ3n) is 3.14. The van der Waals surface area contributed by atoms with Crippen LogP contribution in [0.2, 0.25) is 0 Å². The first-order valence-corrected chi connectivity index (χ1v) is 6.74. The molecule has 3 heteroatoms. The van der Waals surface area contributed by atoms with Crippen LogP contribution in [0, 0.1) is 0 Å². The zero-order chi connectivity index (χ0) is 14.4. The van der Waals surface area contributed by atoms with E-state index in [4.69, 9.17) is 4.74 Å². The Hall–Kier alpha value is -2.29. The van der Waals surface area contributed by atoms with Gasteiger partial charge in [0, 0.05) is 0 Å². The Kier molecular flexibility index (Phi) is 4.77. The Morgan fingerprint density at radius 2 is 1.80 bits per heavy atom. The van der Waals surface area contributed by atoms with Crippen LogP contribution in [0.3, 0.4) is 0 Å². The average molecular weight is 270 g/mol. The monoisotopic (exact) mass is 270 g/mol. The zero-order valence-electron chi connectivity index (χ0n) is 11.5. The van der Waals surface area contributed by atoms with Crippen molar-refractivity contribution in [3.63, 3.8) is 0 Å². The maximum Gasteiger partial charge on any atom is 0.339 e. The molecule has 1 N–H and O–H groups in total. The number of carboxylic acid groups (broad SMARTS) is 1. The predicted molar refractivity (Wildman–Crippen MR) is 78.4 cm³/mol. The van der Waals surface area contributed by atoms with Crippen LogP contribution in [0.25, 0.3) is 0 Å². The average Bonchev–Trinajstić information content (AvgIpc) is 2.47. The Balaban J connectivity index is 2.22. The van der Waals surface area contributed by atoms with Gasteiger partial charge in [-0.3, -0.25) is 0 Å². The van der Waals surface area contributed by atoms with Crippen LogP contribution in [0.5, 0.6) is 5.75 Å². The number of aromatic carboxylic acids is 1. The molecule has 2 aromatic rings. The minimum absolute atomic E-state index is 0.234. The molecule has 0 fully saturated rings. The number of hydrogen-bond donors (Lipinski definition) is 1. The van der Waals surface area contributed by atoms with Crippen LogP contribution < -0.4 is 4.74 Å². The second-order valence-electron chi connectivity index (χ2n) is 4.52. The van der Waals surface area contributed by atoms with Gasteiger partial charge in [-0.15, -0.1) is 0 Å². The quantitative estimate of drug-likeness (QED) is 0.872. The van der Waals surface area contributed by atoms with Gasteiger partial charge in [-0.2, -0.15) is 0 Å². The molecule has 2 rings (SSSR count). The number of ether oxygens (including phenoxy) is 1. The molecule has 0 atom stereocenters. The third kappa shape index (κ3) is 3.38. The van der Waals surface area contributed by atoms with Gasteiger partial charge in [0.2, 0.25) is 0 Å². The highest BCUT2D eigenvalue weighted by Gasteiger charge is 2.14. The molecule has 20 heavy (non-hydrogen) atoms. The Morgan fingerprint density at radius 1 is 1.05 bits per heavy atom. The van der Waals surface area contributed by atoms with E-state index in [1.165, 1.54) is 5.56 Å². The number of rotatable bonds is 6. The normalized spacial score (nSPS) is 10.2. The van der Waals surface area contributed by atoms with Gasteiger partial charge in [0.15, 0.2) is 0 Å². The van der Waals surface area contributed by atoms with Gasteiger partial charge < -0.3 is 9.84 Å². The summed E-state index contributed by atoms with van der Waals surface area (Å²) in [5, 5.41) is 9.22. The standard InChI is InChI=1S/C17H18O3/c1-2-20-16-14(9-6-10-15(16)17(18)19)12-11-13-7-4-3-5-8-13/h3-10H,2,11-12H2,1H3,(H,18,19). The van der Waals surface area contributed by atoms with E-state index in [2.05, 4.69) is 12.1 Å². The fourth-order valence-electron chi connectivity index (χ4n) is 2.19. The van der Waals surface area contributed by atoms with Crippen molar-refractivity contribution in [1.82, 2.24) is 0 Å². The molecule has 0 aliphatic heterocycles. The highest BCUT2D eigenvalue weighted by molar-refractivity contribution is 5.91. The summed E-state index contributed by atoms with van der Waals surface area (Å²) in [6, 6.07) is 15.4. The van der Waals surface area contributed by atoms with Gasteiger partial charge in [-0.25, -0.2) is 4.79 Å². The smallest absolute Gasteiger partial charge is 0.339 e. The van der Waals surface area contributed by atoms with Crippen molar-refractivity contribution in [3.05, 3.63) is 65.2 Å². The topological polar surface area (TPSA) is 46.5 Å². The first kappa shape index (κ1) is 14.1. The van der Waals surface area contributed by atoms with Crippen LogP contribution in [0.15, 0.2) is 48.5 Å². The summed E-state index contributed by atoms with van der Waals surface area (Å²) >= 11 is 0. The van der Waals surface area contributed by atoms with Crippen LogP contribution in [-0.4, -0.2) is 17.7 Å². The molecule has 0 amide bonds. The second-order valence-corrected chi connectivity index (χ2v) is 4.52. The number of carbonyl (C=O) groups is 1. The lowest BCUT2D eigenvalue weighted by atomic mass is 10.0. The minimum Gasteiger partial charge on any atom is -0.493 e. The zero-order valence-corrected chi connectivity index (χ0v) is 11.5. The van der Waals surface area contributed by atoms with Gasteiger partial charge in [0.05, 0.1) is 6.61 Å². The molecule has 0 aliphatic carbocycles. The number of para-hydroxylation sites is 1. The molecule has 0 spiro atoms. The highest BCUT2D eigenvalue weighted by atomic mass is 16.5. The van der Waals surface area contributed by atoms with Crippen molar-refractivity contribution in [2.24, 2.45) is 0 Å². The van der Waals surface area contributed by atoms with Crippen molar-refractivity contribution >= 4 is 5.97 Å². The molecule has 0 bridgehead atoms. The van der Waals surface area contributed by atoms with Gasteiger partial charge in [0.1, 0.15) is 11.3 Å². The molecule has 0 aliphatic rings. The summed E-state index contributed by atoms with van der Waals surface area (Å²) in [6.45, 7) is 2.32. The van der Waals surface area contributed by atoms with Gasteiger partial charge in [-0.1, -0.05) is 42.5 Å². The summed E-state index contributed by atoms with van der Waals surface area (Å²) < 4.78 is 5.54. The summed E-state index contributed by atoms with van der Waals surface area (Å²) in [6.07, 6.45) is 1.63. The van der Waals surface area contributed by atoms with Crippen LogP contribution >= 0.6 is 0 Å². The minimum atomic E-state index is -0.949. The van der Waals surface area contributed by atoms with E-state index in [9.17, 15) is 9.90 Å². The summed E-state index contributed by atoms with van der Waals surface area (Å²) in [5.74, 6) is -0.451. The Morgan fingerprint density at radius 3 is 2.45 bits per heavy atom. The van der Waals surface area contributed by atoms with Gasteiger partial charge >= 0.3 is 5.97 Å². The van der Waals surface area contributed by atoms with Crippen molar-refractivity contribution < 1.29 is 14.6 Å². The fourth-order valence-corrected chi connectivity index (χ4v) is 2.19. The third-order valence-corrected chi connectivity index (χ3v) is 3.14. The predicted octanol–water partition coefficient (Wildman–Crippen LogP) is 3.57. The Bertz CT molecular complexity index is 576. The summed E-state index contributed by atoms with van der Waals surface area (Å²) in [4.78, 5) is 11.2. The number of carboxylic acids is 1. The molecule has 3 nitrogen and oxygen atoms in total. The van der Waals surface area contributed by atoms with E-state index in [0.717, 1.165) is 18.4 Å². The number of aryl methyl sites for hydroxylation is 2. The van der Waals surface area contributed by atoms with E-state index in [1.807, 2.05) is 31.2 Å². The molecule has 0 aromatic heterocycles. The molecular weight excluding hydrogens is 252 g/mol. The lowest BCUT2D eigenvalue weighted by molar-refractivity contribution is 0.0692. The van der Waals surface area contributed by atoms with Gasteiger partial charge in [-0.05, 0) is 37.0 Å². The summed E-state index contributed by atoms with van der Waals surface area (Å²) in [5.41, 5.74) is 2.41. The molecule has 0 saturated carbocycles. The Labute approximate surface area is 118 Å². The molecule has 0 saturated heterocycles. The van der Waals surface area contributed by atoms with Crippen LogP contribution in [0.4, 0.5) is 0 Å². The second kappa shape index (κ2) is 6.75. The molecule has 0 unspecified atom stereocenters.